The molecule has 1 rings (SSSR count). The van der Waals surface area contributed by atoms with E-state index in [2.05, 4.69) is 0 Å². The summed E-state index contributed by atoms with van der Waals surface area (Å²) >= 11 is 1.16. The van der Waals surface area contributed by atoms with Crippen molar-refractivity contribution in [3.8, 4) is 0 Å². The molecule has 0 radical (unpaired) electrons. The summed E-state index contributed by atoms with van der Waals surface area (Å²) in [6.07, 6.45) is -4.85. The topological polar surface area (TPSA) is 26.0 Å². The fourth-order valence-electron chi connectivity index (χ4n) is 0.889. The Bertz CT molecular complexity index is 298. The average Bonchev–Trinajstić information content (AvgIpc) is 2.01. The van der Waals surface area contributed by atoms with Crippen molar-refractivity contribution in [2.24, 2.45) is 0 Å². The molecular formula is C9H10F3NS. The van der Waals surface area contributed by atoms with Gasteiger partial charge in [-0.1, -0.05) is 6.07 Å². The van der Waals surface area contributed by atoms with Crippen LogP contribution in [0, 0.1) is 0 Å². The summed E-state index contributed by atoms with van der Waals surface area (Å²) in [5.41, 5.74) is 6.05. The summed E-state index contributed by atoms with van der Waals surface area (Å²) < 4.78 is 35.4. The standard InChI is InChI=1S/C9H10F3NS/c10-9(11,12)4-5-14-8-3-1-2-7(13)6-8/h1-3,6H,4-5,13H2. The van der Waals surface area contributed by atoms with E-state index in [0.717, 1.165) is 16.7 Å². The van der Waals surface area contributed by atoms with Crippen molar-refractivity contribution in [2.45, 2.75) is 17.5 Å². The van der Waals surface area contributed by atoms with Crippen molar-refractivity contribution < 1.29 is 13.2 Å². The smallest absolute Gasteiger partial charge is 0.389 e. The molecule has 0 saturated carbocycles. The van der Waals surface area contributed by atoms with E-state index >= 15 is 0 Å². The zero-order valence-corrected chi connectivity index (χ0v) is 8.16. The molecule has 78 valence electrons. The third kappa shape index (κ3) is 4.41. The van der Waals surface area contributed by atoms with Crippen LogP contribution in [0.4, 0.5) is 18.9 Å². The molecule has 0 spiro atoms. The number of nitrogens with two attached hydrogens (primary N) is 1. The molecule has 0 aliphatic heterocycles. The van der Waals surface area contributed by atoms with Crippen molar-refractivity contribution in [2.75, 3.05) is 11.5 Å². The van der Waals surface area contributed by atoms with Crippen LogP contribution in [0.3, 0.4) is 0 Å². The highest BCUT2D eigenvalue weighted by atomic mass is 32.2. The Morgan fingerprint density at radius 1 is 1.29 bits per heavy atom. The second-order valence-electron chi connectivity index (χ2n) is 2.79. The summed E-state index contributed by atoms with van der Waals surface area (Å²) in [6.45, 7) is 0. The van der Waals surface area contributed by atoms with Crippen LogP contribution in [0.15, 0.2) is 29.2 Å². The first-order valence-electron chi connectivity index (χ1n) is 4.02. The molecule has 2 N–H and O–H groups in total. The van der Waals surface area contributed by atoms with Crippen LogP contribution < -0.4 is 5.73 Å². The van der Waals surface area contributed by atoms with E-state index in [-0.39, 0.29) is 5.75 Å². The molecule has 0 aromatic heterocycles. The van der Waals surface area contributed by atoms with Gasteiger partial charge in [0.2, 0.25) is 0 Å². The minimum Gasteiger partial charge on any atom is -0.399 e. The molecule has 1 aromatic carbocycles. The van der Waals surface area contributed by atoms with Crippen LogP contribution in [-0.2, 0) is 0 Å². The second-order valence-corrected chi connectivity index (χ2v) is 3.95. The Balaban J connectivity index is 2.39. The van der Waals surface area contributed by atoms with E-state index < -0.39 is 12.6 Å². The molecule has 0 aliphatic carbocycles. The van der Waals surface area contributed by atoms with Crippen LogP contribution in [0.5, 0.6) is 0 Å². The SMILES string of the molecule is Nc1cccc(SCCC(F)(F)F)c1. The normalized spacial score (nSPS) is 11.6. The minimum atomic E-state index is -4.08. The number of thioether (sulfide) groups is 1. The molecule has 5 heteroatoms. The lowest BCUT2D eigenvalue weighted by molar-refractivity contribution is -0.129. The third-order valence-electron chi connectivity index (χ3n) is 1.51. The van der Waals surface area contributed by atoms with Gasteiger partial charge in [-0.05, 0) is 18.2 Å². The Morgan fingerprint density at radius 3 is 2.57 bits per heavy atom. The Kier molecular flexibility index (Phi) is 3.69. The Morgan fingerprint density at radius 2 is 2.00 bits per heavy atom. The molecule has 0 saturated heterocycles. The summed E-state index contributed by atoms with van der Waals surface area (Å²) in [5.74, 6) is 0.0347. The summed E-state index contributed by atoms with van der Waals surface area (Å²) in [7, 11) is 0. The third-order valence-corrected chi connectivity index (χ3v) is 2.51. The molecule has 0 heterocycles. The highest BCUT2D eigenvalue weighted by Gasteiger charge is 2.26. The van der Waals surface area contributed by atoms with E-state index in [0.29, 0.717) is 5.69 Å². The van der Waals surface area contributed by atoms with Gasteiger partial charge in [-0.15, -0.1) is 11.8 Å². The number of anilines is 1. The van der Waals surface area contributed by atoms with Crippen molar-refractivity contribution in [3.05, 3.63) is 24.3 Å². The molecule has 0 aliphatic rings. The number of hydrogen-bond donors (Lipinski definition) is 1. The van der Waals surface area contributed by atoms with Crippen LogP contribution in [0.2, 0.25) is 0 Å². The second kappa shape index (κ2) is 4.59. The lowest BCUT2D eigenvalue weighted by Gasteiger charge is -2.05. The van der Waals surface area contributed by atoms with Crippen molar-refractivity contribution >= 4 is 17.4 Å². The van der Waals surface area contributed by atoms with E-state index in [1.54, 1.807) is 24.3 Å². The van der Waals surface area contributed by atoms with Crippen molar-refractivity contribution in [1.29, 1.82) is 0 Å². The summed E-state index contributed by atoms with van der Waals surface area (Å²) in [5, 5.41) is 0. The first-order chi connectivity index (χ1) is 6.47. The molecule has 14 heavy (non-hydrogen) atoms. The van der Waals surface area contributed by atoms with Gasteiger partial charge in [-0.2, -0.15) is 13.2 Å². The molecule has 0 bridgehead atoms. The molecule has 0 unspecified atom stereocenters. The predicted molar refractivity (Wildman–Crippen MR) is 52.3 cm³/mol. The molecule has 1 aromatic rings. The number of halogens is 3. The molecule has 1 nitrogen and oxygen atoms in total. The van der Waals surface area contributed by atoms with Crippen molar-refractivity contribution in [3.63, 3.8) is 0 Å². The van der Waals surface area contributed by atoms with Gasteiger partial charge in [0.25, 0.3) is 0 Å². The van der Waals surface area contributed by atoms with E-state index in [9.17, 15) is 13.2 Å². The monoisotopic (exact) mass is 221 g/mol. The fraction of sp³-hybridized carbons (Fsp3) is 0.333. The first kappa shape index (κ1) is 11.2. The van der Waals surface area contributed by atoms with Gasteiger partial charge in [-0.3, -0.25) is 0 Å². The van der Waals surface area contributed by atoms with Gasteiger partial charge >= 0.3 is 6.18 Å². The fourth-order valence-corrected chi connectivity index (χ4v) is 1.85. The number of alkyl halides is 3. The summed E-state index contributed by atoms with van der Waals surface area (Å²) in [6, 6.07) is 6.84. The van der Waals surface area contributed by atoms with Gasteiger partial charge in [0, 0.05) is 16.3 Å². The lowest BCUT2D eigenvalue weighted by atomic mass is 10.3. The highest BCUT2D eigenvalue weighted by Crippen LogP contribution is 2.26. The van der Waals surface area contributed by atoms with Crippen LogP contribution >= 0.6 is 11.8 Å². The lowest BCUT2D eigenvalue weighted by Crippen LogP contribution is -2.07. The van der Waals surface area contributed by atoms with Gasteiger partial charge in [0.15, 0.2) is 0 Å². The van der Waals surface area contributed by atoms with Crippen LogP contribution in [0.25, 0.3) is 0 Å². The zero-order chi connectivity index (χ0) is 10.6. The number of benzene rings is 1. The van der Waals surface area contributed by atoms with Gasteiger partial charge in [-0.25, -0.2) is 0 Å². The van der Waals surface area contributed by atoms with E-state index in [1.807, 2.05) is 0 Å². The molecular weight excluding hydrogens is 211 g/mol. The Hall–Kier alpha value is -0.840. The molecule has 0 amide bonds. The number of rotatable bonds is 3. The molecule has 0 fully saturated rings. The maximum absolute atomic E-state index is 11.8. The number of hydrogen-bond acceptors (Lipinski definition) is 2. The van der Waals surface area contributed by atoms with E-state index in [1.165, 1.54) is 0 Å². The van der Waals surface area contributed by atoms with Gasteiger partial charge in [0.1, 0.15) is 0 Å². The van der Waals surface area contributed by atoms with E-state index in [4.69, 9.17) is 5.73 Å². The number of nitrogen functional groups attached to an aromatic ring is 1. The van der Waals surface area contributed by atoms with Crippen molar-refractivity contribution in [1.82, 2.24) is 0 Å². The largest absolute Gasteiger partial charge is 0.399 e. The van der Waals surface area contributed by atoms with Crippen LogP contribution in [0.1, 0.15) is 6.42 Å². The first-order valence-corrected chi connectivity index (χ1v) is 5.01. The van der Waals surface area contributed by atoms with Crippen LogP contribution in [-0.4, -0.2) is 11.9 Å². The maximum Gasteiger partial charge on any atom is 0.389 e. The maximum atomic E-state index is 11.8. The quantitative estimate of drug-likeness (QED) is 0.626. The summed E-state index contributed by atoms with van der Waals surface area (Å²) in [4.78, 5) is 0.772. The Labute approximate surface area is 84.5 Å². The van der Waals surface area contributed by atoms with Gasteiger partial charge < -0.3 is 5.73 Å². The predicted octanol–water partition coefficient (Wildman–Crippen LogP) is 3.31. The zero-order valence-electron chi connectivity index (χ0n) is 7.34. The minimum absolute atomic E-state index is 0.0347. The van der Waals surface area contributed by atoms with Gasteiger partial charge in [0.05, 0.1) is 6.42 Å². The molecule has 0 atom stereocenters. The highest BCUT2D eigenvalue weighted by molar-refractivity contribution is 7.99. The average molecular weight is 221 g/mol.